The minimum Gasteiger partial charge on any atom is -0.492 e. The zero-order valence-corrected chi connectivity index (χ0v) is 9.76. The van der Waals surface area contributed by atoms with Gasteiger partial charge in [0.15, 0.2) is 0 Å². The van der Waals surface area contributed by atoms with Gasteiger partial charge in [0, 0.05) is 19.6 Å². The Morgan fingerprint density at radius 2 is 2.19 bits per heavy atom. The summed E-state index contributed by atoms with van der Waals surface area (Å²) in [5.41, 5.74) is 0. The van der Waals surface area contributed by atoms with Crippen LogP contribution in [-0.2, 0) is 4.74 Å². The van der Waals surface area contributed by atoms with Gasteiger partial charge in [0.05, 0.1) is 12.7 Å². The second-order valence-electron chi connectivity index (χ2n) is 4.14. The molecule has 88 valence electrons. The Morgan fingerprint density at radius 1 is 1.38 bits per heavy atom. The Kier molecular flexibility index (Phi) is 4.19. The molecule has 0 amide bonds. The molecule has 1 aromatic carbocycles. The van der Waals surface area contributed by atoms with Gasteiger partial charge < -0.3 is 9.47 Å². The van der Waals surface area contributed by atoms with E-state index in [1.165, 1.54) is 0 Å². The molecular formula is C13H19NO2. The molecule has 1 saturated heterocycles. The van der Waals surface area contributed by atoms with Gasteiger partial charge in [0.2, 0.25) is 0 Å². The smallest absolute Gasteiger partial charge is 0.119 e. The first-order valence-electron chi connectivity index (χ1n) is 5.86. The molecule has 0 bridgehead atoms. The van der Waals surface area contributed by atoms with Crippen molar-refractivity contribution in [3.63, 3.8) is 0 Å². The molecule has 1 unspecified atom stereocenters. The van der Waals surface area contributed by atoms with E-state index in [9.17, 15) is 0 Å². The van der Waals surface area contributed by atoms with Crippen molar-refractivity contribution in [1.29, 1.82) is 0 Å². The average Bonchev–Trinajstić information content (AvgIpc) is 2.30. The van der Waals surface area contributed by atoms with Crippen LogP contribution in [0.15, 0.2) is 30.3 Å². The van der Waals surface area contributed by atoms with Gasteiger partial charge in [0.25, 0.3) is 0 Å². The van der Waals surface area contributed by atoms with Crippen LogP contribution in [0.1, 0.15) is 6.92 Å². The van der Waals surface area contributed by atoms with E-state index < -0.39 is 0 Å². The van der Waals surface area contributed by atoms with Crippen molar-refractivity contribution in [3.05, 3.63) is 30.3 Å². The SMILES string of the molecule is CC1CN(CCOc2ccccc2)CCO1. The minimum atomic E-state index is 0.352. The molecule has 0 aromatic heterocycles. The van der Waals surface area contributed by atoms with E-state index in [0.29, 0.717) is 6.10 Å². The van der Waals surface area contributed by atoms with Gasteiger partial charge in [-0.25, -0.2) is 0 Å². The monoisotopic (exact) mass is 221 g/mol. The molecule has 1 fully saturated rings. The third-order valence-corrected chi connectivity index (χ3v) is 2.74. The lowest BCUT2D eigenvalue weighted by Crippen LogP contribution is -2.42. The Hall–Kier alpha value is -1.06. The van der Waals surface area contributed by atoms with Crippen molar-refractivity contribution in [2.75, 3.05) is 32.8 Å². The molecule has 0 radical (unpaired) electrons. The van der Waals surface area contributed by atoms with Crippen LogP contribution in [0.5, 0.6) is 5.75 Å². The van der Waals surface area contributed by atoms with Gasteiger partial charge in [-0.1, -0.05) is 18.2 Å². The maximum absolute atomic E-state index is 5.66. The molecule has 0 aliphatic carbocycles. The lowest BCUT2D eigenvalue weighted by Gasteiger charge is -2.30. The predicted molar refractivity (Wildman–Crippen MR) is 63.8 cm³/mol. The van der Waals surface area contributed by atoms with Crippen molar-refractivity contribution in [2.24, 2.45) is 0 Å². The topological polar surface area (TPSA) is 21.7 Å². The summed E-state index contributed by atoms with van der Waals surface area (Å²) in [6.45, 7) is 6.71. The predicted octanol–water partition coefficient (Wildman–Crippen LogP) is 1.79. The molecular weight excluding hydrogens is 202 g/mol. The summed E-state index contributed by atoms with van der Waals surface area (Å²) in [6, 6.07) is 9.96. The van der Waals surface area contributed by atoms with Crippen molar-refractivity contribution in [1.82, 2.24) is 4.90 Å². The molecule has 3 heteroatoms. The van der Waals surface area contributed by atoms with E-state index in [1.807, 2.05) is 30.3 Å². The zero-order chi connectivity index (χ0) is 11.2. The maximum atomic E-state index is 5.66. The molecule has 0 N–H and O–H groups in total. The first-order chi connectivity index (χ1) is 7.84. The molecule has 1 aromatic rings. The highest BCUT2D eigenvalue weighted by molar-refractivity contribution is 5.20. The van der Waals surface area contributed by atoms with Gasteiger partial charge in [-0.05, 0) is 19.1 Å². The highest BCUT2D eigenvalue weighted by atomic mass is 16.5. The summed E-state index contributed by atoms with van der Waals surface area (Å²) >= 11 is 0. The highest BCUT2D eigenvalue weighted by Gasteiger charge is 2.15. The lowest BCUT2D eigenvalue weighted by molar-refractivity contribution is -0.0214. The van der Waals surface area contributed by atoms with Gasteiger partial charge >= 0.3 is 0 Å². The fourth-order valence-corrected chi connectivity index (χ4v) is 1.90. The van der Waals surface area contributed by atoms with E-state index >= 15 is 0 Å². The number of hydrogen-bond acceptors (Lipinski definition) is 3. The molecule has 1 heterocycles. The van der Waals surface area contributed by atoms with E-state index in [-0.39, 0.29) is 0 Å². The number of benzene rings is 1. The van der Waals surface area contributed by atoms with Crippen molar-refractivity contribution < 1.29 is 9.47 Å². The molecule has 1 aliphatic rings. The summed E-state index contributed by atoms with van der Waals surface area (Å²) in [4.78, 5) is 2.39. The van der Waals surface area contributed by atoms with Crippen LogP contribution in [0.2, 0.25) is 0 Å². The van der Waals surface area contributed by atoms with E-state index in [0.717, 1.165) is 38.6 Å². The third kappa shape index (κ3) is 3.51. The Labute approximate surface area is 97.0 Å². The molecule has 0 spiro atoms. The van der Waals surface area contributed by atoms with E-state index in [4.69, 9.17) is 9.47 Å². The normalized spacial score (nSPS) is 21.9. The Balaban J connectivity index is 1.68. The number of ether oxygens (including phenoxy) is 2. The molecule has 2 rings (SSSR count). The second kappa shape index (κ2) is 5.87. The fraction of sp³-hybridized carbons (Fsp3) is 0.538. The van der Waals surface area contributed by atoms with Crippen molar-refractivity contribution >= 4 is 0 Å². The lowest BCUT2D eigenvalue weighted by atomic mass is 10.3. The Bertz CT molecular complexity index is 302. The first-order valence-corrected chi connectivity index (χ1v) is 5.86. The summed E-state index contributed by atoms with van der Waals surface area (Å²) in [7, 11) is 0. The molecule has 0 saturated carbocycles. The summed E-state index contributed by atoms with van der Waals surface area (Å²) in [5, 5.41) is 0. The Morgan fingerprint density at radius 3 is 2.94 bits per heavy atom. The molecule has 1 aliphatic heterocycles. The molecule has 1 atom stereocenters. The quantitative estimate of drug-likeness (QED) is 0.773. The van der Waals surface area contributed by atoms with Crippen molar-refractivity contribution in [2.45, 2.75) is 13.0 Å². The van der Waals surface area contributed by atoms with Crippen LogP contribution in [0.4, 0.5) is 0 Å². The second-order valence-corrected chi connectivity index (χ2v) is 4.14. The van der Waals surface area contributed by atoms with Gasteiger partial charge in [0.1, 0.15) is 12.4 Å². The standard InChI is InChI=1S/C13H19NO2/c1-12-11-14(7-9-15-12)8-10-16-13-5-3-2-4-6-13/h2-6,12H,7-11H2,1H3. The number of nitrogens with zero attached hydrogens (tertiary/aromatic N) is 1. The number of hydrogen-bond donors (Lipinski definition) is 0. The van der Waals surface area contributed by atoms with Crippen LogP contribution < -0.4 is 4.74 Å². The van der Waals surface area contributed by atoms with Crippen LogP contribution in [-0.4, -0.2) is 43.9 Å². The van der Waals surface area contributed by atoms with Crippen LogP contribution in [0, 0.1) is 0 Å². The van der Waals surface area contributed by atoms with Crippen LogP contribution in [0.25, 0.3) is 0 Å². The number of morpholine rings is 1. The third-order valence-electron chi connectivity index (χ3n) is 2.74. The zero-order valence-electron chi connectivity index (χ0n) is 9.76. The summed E-state index contributed by atoms with van der Waals surface area (Å²) in [6.07, 6.45) is 0.352. The van der Waals surface area contributed by atoms with Gasteiger partial charge in [-0.3, -0.25) is 4.90 Å². The maximum Gasteiger partial charge on any atom is 0.119 e. The largest absolute Gasteiger partial charge is 0.492 e. The van der Waals surface area contributed by atoms with Gasteiger partial charge in [-0.2, -0.15) is 0 Å². The minimum absolute atomic E-state index is 0.352. The van der Waals surface area contributed by atoms with Crippen LogP contribution in [0.3, 0.4) is 0 Å². The van der Waals surface area contributed by atoms with Gasteiger partial charge in [-0.15, -0.1) is 0 Å². The van der Waals surface area contributed by atoms with Crippen LogP contribution >= 0.6 is 0 Å². The first kappa shape index (κ1) is 11.4. The van der Waals surface area contributed by atoms with Crippen molar-refractivity contribution in [3.8, 4) is 5.75 Å². The summed E-state index contributed by atoms with van der Waals surface area (Å²) < 4.78 is 11.2. The molecule has 3 nitrogen and oxygen atoms in total. The number of rotatable bonds is 4. The average molecular weight is 221 g/mol. The highest BCUT2D eigenvalue weighted by Crippen LogP contribution is 2.09. The van der Waals surface area contributed by atoms with E-state index in [2.05, 4.69) is 11.8 Å². The fourth-order valence-electron chi connectivity index (χ4n) is 1.90. The van der Waals surface area contributed by atoms with E-state index in [1.54, 1.807) is 0 Å². The number of para-hydroxylation sites is 1. The summed E-state index contributed by atoms with van der Waals surface area (Å²) in [5.74, 6) is 0.948. The molecule has 16 heavy (non-hydrogen) atoms.